The fourth-order valence-electron chi connectivity index (χ4n) is 2.56. The van der Waals surface area contributed by atoms with Gasteiger partial charge in [0, 0.05) is 12.1 Å². The normalized spacial score (nSPS) is 19.8. The van der Waals surface area contributed by atoms with Crippen LogP contribution in [0.5, 0.6) is 0 Å². The lowest BCUT2D eigenvalue weighted by Crippen LogP contribution is -2.22. The minimum Gasteiger partial charge on any atom is -0.327 e. The molecule has 0 saturated heterocycles. The molecule has 0 unspecified atom stereocenters. The molecular weight excluding hydrogens is 328 g/mol. The average molecular weight is 340 g/mol. The van der Waals surface area contributed by atoms with Crippen LogP contribution in [0, 0.1) is 11.7 Å². The number of alkyl halides is 3. The molecule has 1 aromatic heterocycles. The van der Waals surface area contributed by atoms with Gasteiger partial charge in [0.25, 0.3) is 5.56 Å². The summed E-state index contributed by atoms with van der Waals surface area (Å²) in [6.07, 6.45) is -3.63. The number of benzene rings is 1. The van der Waals surface area contributed by atoms with Gasteiger partial charge in [0.15, 0.2) is 0 Å². The fourth-order valence-corrected chi connectivity index (χ4v) is 2.56. The SMILES string of the molecule is O=C(Nc1cc(C(F)(F)F)c[nH]c1=O)[C@H]1C[C@@H]1c1cccc(F)c1. The number of carbonyl (C=O) groups is 1. The molecule has 8 heteroatoms. The van der Waals surface area contributed by atoms with E-state index in [0.717, 1.165) is 0 Å². The van der Waals surface area contributed by atoms with Crippen molar-refractivity contribution in [2.45, 2.75) is 18.5 Å². The Balaban J connectivity index is 1.74. The number of carbonyl (C=O) groups excluding carboxylic acids is 1. The van der Waals surface area contributed by atoms with E-state index in [1.165, 1.54) is 18.2 Å². The van der Waals surface area contributed by atoms with E-state index < -0.39 is 40.6 Å². The zero-order chi connectivity index (χ0) is 17.5. The molecule has 0 bridgehead atoms. The first kappa shape index (κ1) is 16.2. The van der Waals surface area contributed by atoms with Gasteiger partial charge in [-0.1, -0.05) is 12.1 Å². The van der Waals surface area contributed by atoms with E-state index in [-0.39, 0.29) is 5.92 Å². The van der Waals surface area contributed by atoms with Crippen LogP contribution in [0.1, 0.15) is 23.5 Å². The van der Waals surface area contributed by atoms with Gasteiger partial charge in [0.1, 0.15) is 11.5 Å². The van der Waals surface area contributed by atoms with Crippen molar-refractivity contribution < 1.29 is 22.4 Å². The number of halogens is 4. The highest BCUT2D eigenvalue weighted by atomic mass is 19.4. The van der Waals surface area contributed by atoms with Crippen LogP contribution in [0.15, 0.2) is 41.3 Å². The van der Waals surface area contributed by atoms with E-state index in [1.807, 2.05) is 4.98 Å². The van der Waals surface area contributed by atoms with Crippen molar-refractivity contribution in [3.05, 3.63) is 63.8 Å². The van der Waals surface area contributed by atoms with Crippen molar-refractivity contribution in [3.8, 4) is 0 Å². The molecule has 4 nitrogen and oxygen atoms in total. The van der Waals surface area contributed by atoms with E-state index >= 15 is 0 Å². The highest BCUT2D eigenvalue weighted by Crippen LogP contribution is 2.48. The lowest BCUT2D eigenvalue weighted by atomic mass is 10.1. The third-order valence-corrected chi connectivity index (χ3v) is 3.89. The molecule has 2 atom stereocenters. The van der Waals surface area contributed by atoms with Gasteiger partial charge < -0.3 is 10.3 Å². The summed E-state index contributed by atoms with van der Waals surface area (Å²) in [5.41, 5.74) is -1.69. The molecule has 2 aromatic rings. The van der Waals surface area contributed by atoms with Gasteiger partial charge in [-0.05, 0) is 36.1 Å². The number of pyridine rings is 1. The summed E-state index contributed by atoms with van der Waals surface area (Å²) in [7, 11) is 0. The average Bonchev–Trinajstić information content (AvgIpc) is 3.29. The van der Waals surface area contributed by atoms with Crippen molar-refractivity contribution >= 4 is 11.6 Å². The Morgan fingerprint density at radius 1 is 1.25 bits per heavy atom. The fraction of sp³-hybridized carbons (Fsp3) is 0.250. The molecule has 1 saturated carbocycles. The highest BCUT2D eigenvalue weighted by Gasteiger charge is 2.44. The second kappa shape index (κ2) is 5.77. The largest absolute Gasteiger partial charge is 0.417 e. The summed E-state index contributed by atoms with van der Waals surface area (Å²) in [6, 6.07) is 6.39. The Kier molecular flexibility index (Phi) is 3.90. The molecular formula is C16H12F4N2O2. The summed E-state index contributed by atoms with van der Waals surface area (Å²) >= 11 is 0. The molecule has 0 spiro atoms. The molecule has 126 valence electrons. The second-order valence-corrected chi connectivity index (χ2v) is 5.62. The maximum Gasteiger partial charge on any atom is 0.417 e. The first-order valence-corrected chi connectivity index (χ1v) is 7.12. The lowest BCUT2D eigenvalue weighted by Gasteiger charge is -2.09. The third-order valence-electron chi connectivity index (χ3n) is 3.89. The van der Waals surface area contributed by atoms with Gasteiger partial charge in [-0.2, -0.15) is 13.2 Å². The molecule has 2 N–H and O–H groups in total. The number of nitrogens with one attached hydrogen (secondary N) is 2. The van der Waals surface area contributed by atoms with Crippen molar-refractivity contribution in [2.24, 2.45) is 5.92 Å². The van der Waals surface area contributed by atoms with Crippen LogP contribution in [0.2, 0.25) is 0 Å². The van der Waals surface area contributed by atoms with Crippen LogP contribution in [0.4, 0.5) is 23.2 Å². The number of amides is 1. The number of anilines is 1. The van der Waals surface area contributed by atoms with Crippen LogP contribution in [0.25, 0.3) is 0 Å². The van der Waals surface area contributed by atoms with Gasteiger partial charge in [0.05, 0.1) is 5.56 Å². The van der Waals surface area contributed by atoms with Gasteiger partial charge in [0.2, 0.25) is 5.91 Å². The zero-order valence-corrected chi connectivity index (χ0v) is 12.2. The third kappa shape index (κ3) is 3.32. The zero-order valence-electron chi connectivity index (χ0n) is 12.2. The van der Waals surface area contributed by atoms with Crippen molar-refractivity contribution in [3.63, 3.8) is 0 Å². The predicted molar refractivity (Wildman–Crippen MR) is 77.9 cm³/mol. The minimum atomic E-state index is -4.63. The Labute approximate surface area is 133 Å². The van der Waals surface area contributed by atoms with Gasteiger partial charge in [-0.25, -0.2) is 4.39 Å². The molecule has 24 heavy (non-hydrogen) atoms. The topological polar surface area (TPSA) is 62.0 Å². The lowest BCUT2D eigenvalue weighted by molar-refractivity contribution is -0.137. The number of hydrogen-bond donors (Lipinski definition) is 2. The number of H-pyrrole nitrogens is 1. The number of aromatic amines is 1. The van der Waals surface area contributed by atoms with E-state index in [1.54, 1.807) is 6.07 Å². The van der Waals surface area contributed by atoms with E-state index in [0.29, 0.717) is 24.2 Å². The van der Waals surface area contributed by atoms with Crippen LogP contribution in [-0.2, 0) is 11.0 Å². The van der Waals surface area contributed by atoms with E-state index in [9.17, 15) is 27.2 Å². The van der Waals surface area contributed by atoms with E-state index in [2.05, 4.69) is 5.32 Å². The highest BCUT2D eigenvalue weighted by molar-refractivity contribution is 5.95. The van der Waals surface area contributed by atoms with Crippen molar-refractivity contribution in [1.29, 1.82) is 0 Å². The molecule has 1 aromatic carbocycles. The summed E-state index contributed by atoms with van der Waals surface area (Å²) in [6.45, 7) is 0. The predicted octanol–water partition coefficient (Wildman–Crippen LogP) is 3.28. The van der Waals surface area contributed by atoms with Crippen molar-refractivity contribution in [2.75, 3.05) is 5.32 Å². The Hall–Kier alpha value is -2.64. The smallest absolute Gasteiger partial charge is 0.327 e. The maximum atomic E-state index is 13.2. The maximum absolute atomic E-state index is 13.2. The van der Waals surface area contributed by atoms with Crippen LogP contribution in [-0.4, -0.2) is 10.9 Å². The summed E-state index contributed by atoms with van der Waals surface area (Å²) in [4.78, 5) is 25.7. The minimum absolute atomic E-state index is 0.203. The van der Waals surface area contributed by atoms with Gasteiger partial charge >= 0.3 is 6.18 Å². The summed E-state index contributed by atoms with van der Waals surface area (Å²) in [5.74, 6) is -1.69. The molecule has 1 aliphatic carbocycles. The Morgan fingerprint density at radius 3 is 2.67 bits per heavy atom. The first-order valence-electron chi connectivity index (χ1n) is 7.12. The Bertz CT molecular complexity index is 844. The van der Waals surface area contributed by atoms with Crippen molar-refractivity contribution in [1.82, 2.24) is 4.98 Å². The molecule has 3 rings (SSSR count). The standard InChI is InChI=1S/C16H12F4N2O2/c17-10-3-1-2-8(4-10)11-6-12(11)14(23)22-13-5-9(16(18,19)20)7-21-15(13)24/h1-5,7,11-12H,6H2,(H,21,24)(H,22,23)/t11-,12+/m1/s1. The quantitative estimate of drug-likeness (QED) is 0.843. The molecule has 0 aliphatic heterocycles. The molecule has 0 radical (unpaired) electrons. The second-order valence-electron chi connectivity index (χ2n) is 5.62. The Morgan fingerprint density at radius 2 is 2.00 bits per heavy atom. The summed E-state index contributed by atoms with van der Waals surface area (Å²) in [5, 5.41) is 2.22. The van der Waals surface area contributed by atoms with E-state index in [4.69, 9.17) is 0 Å². The molecule has 1 aliphatic rings. The number of rotatable bonds is 3. The monoisotopic (exact) mass is 340 g/mol. The van der Waals surface area contributed by atoms with Gasteiger partial charge in [-0.3, -0.25) is 9.59 Å². The van der Waals surface area contributed by atoms with Crippen LogP contribution >= 0.6 is 0 Å². The molecule has 1 heterocycles. The summed E-state index contributed by atoms with van der Waals surface area (Å²) < 4.78 is 51.2. The molecule has 1 amide bonds. The van der Waals surface area contributed by atoms with Crippen LogP contribution in [0.3, 0.4) is 0 Å². The number of aromatic nitrogens is 1. The molecule has 1 fully saturated rings. The van der Waals surface area contributed by atoms with Gasteiger partial charge in [-0.15, -0.1) is 0 Å². The van der Waals surface area contributed by atoms with Crippen LogP contribution < -0.4 is 10.9 Å². The number of hydrogen-bond acceptors (Lipinski definition) is 2. The first-order chi connectivity index (χ1) is 11.3.